The SMILES string of the molecule is C#CCC(CC)NC(C)C1CCCCC1. The van der Waals surface area contributed by atoms with E-state index >= 15 is 0 Å². The first-order valence-corrected chi connectivity index (χ1v) is 6.47. The number of hydrogen-bond donors (Lipinski definition) is 1. The predicted octanol–water partition coefficient (Wildman–Crippen LogP) is 3.35. The fourth-order valence-corrected chi connectivity index (χ4v) is 2.61. The van der Waals surface area contributed by atoms with E-state index in [0.717, 1.165) is 18.8 Å². The Kier molecular flexibility index (Phi) is 5.79. The highest BCUT2D eigenvalue weighted by Gasteiger charge is 2.21. The molecule has 1 nitrogen and oxygen atoms in total. The van der Waals surface area contributed by atoms with Crippen molar-refractivity contribution in [3.63, 3.8) is 0 Å². The number of rotatable bonds is 5. The van der Waals surface area contributed by atoms with Crippen molar-refractivity contribution >= 4 is 0 Å². The fraction of sp³-hybridized carbons (Fsp3) is 0.857. The Bertz CT molecular complexity index is 198. The largest absolute Gasteiger partial charge is 0.310 e. The molecule has 1 fully saturated rings. The van der Waals surface area contributed by atoms with Crippen LogP contribution in [0, 0.1) is 18.3 Å². The third-order valence-corrected chi connectivity index (χ3v) is 3.71. The summed E-state index contributed by atoms with van der Waals surface area (Å²) in [5.74, 6) is 3.64. The summed E-state index contributed by atoms with van der Waals surface area (Å²) >= 11 is 0. The van der Waals surface area contributed by atoms with Gasteiger partial charge in [-0.1, -0.05) is 26.2 Å². The first kappa shape index (κ1) is 12.6. The molecule has 86 valence electrons. The monoisotopic (exact) mass is 207 g/mol. The van der Waals surface area contributed by atoms with Crippen LogP contribution in [0.1, 0.15) is 58.8 Å². The average Bonchev–Trinajstić information content (AvgIpc) is 2.29. The first-order chi connectivity index (χ1) is 7.27. The molecule has 2 atom stereocenters. The van der Waals surface area contributed by atoms with Gasteiger partial charge in [0, 0.05) is 18.5 Å². The Hall–Kier alpha value is -0.480. The predicted molar refractivity (Wildman–Crippen MR) is 66.7 cm³/mol. The van der Waals surface area contributed by atoms with E-state index < -0.39 is 0 Å². The van der Waals surface area contributed by atoms with E-state index in [2.05, 4.69) is 25.1 Å². The quantitative estimate of drug-likeness (QED) is 0.682. The number of hydrogen-bond acceptors (Lipinski definition) is 1. The summed E-state index contributed by atoms with van der Waals surface area (Å²) in [4.78, 5) is 0. The molecule has 1 aliphatic rings. The van der Waals surface area contributed by atoms with Crippen LogP contribution in [0.2, 0.25) is 0 Å². The molecule has 1 rings (SSSR count). The van der Waals surface area contributed by atoms with Crippen LogP contribution < -0.4 is 5.32 Å². The highest BCUT2D eigenvalue weighted by atomic mass is 14.9. The van der Waals surface area contributed by atoms with E-state index in [1.165, 1.54) is 32.1 Å². The third-order valence-electron chi connectivity index (χ3n) is 3.71. The van der Waals surface area contributed by atoms with Crippen molar-refractivity contribution in [2.75, 3.05) is 0 Å². The average molecular weight is 207 g/mol. The lowest BCUT2D eigenvalue weighted by atomic mass is 9.84. The topological polar surface area (TPSA) is 12.0 Å². The molecule has 0 saturated heterocycles. The maximum Gasteiger partial charge on any atom is 0.0240 e. The van der Waals surface area contributed by atoms with Crippen molar-refractivity contribution in [3.8, 4) is 12.3 Å². The molecule has 15 heavy (non-hydrogen) atoms. The van der Waals surface area contributed by atoms with Gasteiger partial charge in [-0.3, -0.25) is 0 Å². The van der Waals surface area contributed by atoms with Crippen LogP contribution in [0.3, 0.4) is 0 Å². The Morgan fingerprint density at radius 3 is 2.53 bits per heavy atom. The van der Waals surface area contributed by atoms with Crippen LogP contribution in [-0.4, -0.2) is 12.1 Å². The Morgan fingerprint density at radius 2 is 2.00 bits per heavy atom. The molecular formula is C14H25N. The van der Waals surface area contributed by atoms with Crippen molar-refractivity contribution in [2.24, 2.45) is 5.92 Å². The normalized spacial score (nSPS) is 21.9. The summed E-state index contributed by atoms with van der Waals surface area (Å²) in [5, 5.41) is 3.69. The maximum atomic E-state index is 5.37. The van der Waals surface area contributed by atoms with Gasteiger partial charge in [0.05, 0.1) is 0 Å². The molecule has 0 aromatic rings. The van der Waals surface area contributed by atoms with Gasteiger partial charge in [0.1, 0.15) is 0 Å². The molecule has 0 spiro atoms. The summed E-state index contributed by atoms with van der Waals surface area (Å²) < 4.78 is 0. The first-order valence-electron chi connectivity index (χ1n) is 6.47. The molecule has 0 amide bonds. The van der Waals surface area contributed by atoms with Crippen molar-refractivity contribution < 1.29 is 0 Å². The highest BCUT2D eigenvalue weighted by molar-refractivity contribution is 4.91. The third kappa shape index (κ3) is 4.26. The minimum absolute atomic E-state index is 0.520. The number of terminal acetylenes is 1. The van der Waals surface area contributed by atoms with Crippen LogP contribution in [0.5, 0.6) is 0 Å². The lowest BCUT2D eigenvalue weighted by Gasteiger charge is -2.31. The molecule has 2 unspecified atom stereocenters. The molecule has 0 radical (unpaired) electrons. The van der Waals surface area contributed by atoms with E-state index in [1.807, 2.05) is 0 Å². The summed E-state index contributed by atoms with van der Waals surface area (Å²) in [6.45, 7) is 4.54. The molecule has 1 heteroatoms. The molecule has 1 N–H and O–H groups in total. The van der Waals surface area contributed by atoms with Gasteiger partial charge in [0.2, 0.25) is 0 Å². The van der Waals surface area contributed by atoms with Gasteiger partial charge in [-0.25, -0.2) is 0 Å². The minimum Gasteiger partial charge on any atom is -0.310 e. The van der Waals surface area contributed by atoms with Gasteiger partial charge < -0.3 is 5.32 Å². The van der Waals surface area contributed by atoms with Gasteiger partial charge in [-0.2, -0.15) is 0 Å². The maximum absolute atomic E-state index is 5.37. The van der Waals surface area contributed by atoms with Gasteiger partial charge in [0.25, 0.3) is 0 Å². The summed E-state index contributed by atoms with van der Waals surface area (Å²) in [5.41, 5.74) is 0. The van der Waals surface area contributed by atoms with Crippen molar-refractivity contribution in [3.05, 3.63) is 0 Å². The van der Waals surface area contributed by atoms with E-state index in [1.54, 1.807) is 0 Å². The Balaban J connectivity index is 2.32. The standard InChI is InChI=1S/C14H25N/c1-4-9-14(5-2)15-12(3)13-10-7-6-8-11-13/h1,12-15H,5-11H2,2-3H3. The molecule has 0 aliphatic heterocycles. The lowest BCUT2D eigenvalue weighted by Crippen LogP contribution is -2.41. The Morgan fingerprint density at radius 1 is 1.33 bits per heavy atom. The van der Waals surface area contributed by atoms with Crippen LogP contribution in [0.25, 0.3) is 0 Å². The Labute approximate surface area is 95.0 Å². The zero-order valence-electron chi connectivity index (χ0n) is 10.3. The van der Waals surface area contributed by atoms with Gasteiger partial charge in [-0.15, -0.1) is 12.3 Å². The molecule has 0 aromatic heterocycles. The van der Waals surface area contributed by atoms with Crippen LogP contribution in [-0.2, 0) is 0 Å². The number of nitrogens with one attached hydrogen (secondary N) is 1. The highest BCUT2D eigenvalue weighted by Crippen LogP contribution is 2.26. The molecule has 0 aromatic carbocycles. The van der Waals surface area contributed by atoms with E-state index in [4.69, 9.17) is 6.42 Å². The molecule has 1 saturated carbocycles. The second kappa shape index (κ2) is 6.90. The lowest BCUT2D eigenvalue weighted by molar-refractivity contribution is 0.262. The summed E-state index contributed by atoms with van der Waals surface area (Å²) in [6, 6.07) is 1.16. The summed E-state index contributed by atoms with van der Waals surface area (Å²) in [7, 11) is 0. The van der Waals surface area contributed by atoms with E-state index in [0.29, 0.717) is 12.1 Å². The van der Waals surface area contributed by atoms with Gasteiger partial charge >= 0.3 is 0 Å². The zero-order valence-corrected chi connectivity index (χ0v) is 10.3. The second-order valence-corrected chi connectivity index (χ2v) is 4.87. The van der Waals surface area contributed by atoms with Gasteiger partial charge in [0.15, 0.2) is 0 Å². The van der Waals surface area contributed by atoms with Crippen LogP contribution in [0.15, 0.2) is 0 Å². The minimum atomic E-state index is 0.520. The molecule has 0 heterocycles. The second-order valence-electron chi connectivity index (χ2n) is 4.87. The van der Waals surface area contributed by atoms with E-state index in [-0.39, 0.29) is 0 Å². The molecule has 1 aliphatic carbocycles. The molecule has 0 bridgehead atoms. The van der Waals surface area contributed by atoms with Crippen molar-refractivity contribution in [1.29, 1.82) is 0 Å². The van der Waals surface area contributed by atoms with Crippen LogP contribution >= 0.6 is 0 Å². The zero-order chi connectivity index (χ0) is 11.1. The molecular weight excluding hydrogens is 182 g/mol. The van der Waals surface area contributed by atoms with Gasteiger partial charge in [-0.05, 0) is 32.1 Å². The smallest absolute Gasteiger partial charge is 0.0240 e. The van der Waals surface area contributed by atoms with Crippen molar-refractivity contribution in [1.82, 2.24) is 5.32 Å². The summed E-state index contributed by atoms with van der Waals surface area (Å²) in [6.07, 6.45) is 14.5. The van der Waals surface area contributed by atoms with Crippen LogP contribution in [0.4, 0.5) is 0 Å². The van der Waals surface area contributed by atoms with E-state index in [9.17, 15) is 0 Å². The van der Waals surface area contributed by atoms with Crippen molar-refractivity contribution in [2.45, 2.75) is 70.9 Å². The fourth-order valence-electron chi connectivity index (χ4n) is 2.61.